The maximum absolute atomic E-state index is 15.4. The van der Waals surface area contributed by atoms with Crippen molar-refractivity contribution in [3.8, 4) is 22.4 Å². The summed E-state index contributed by atoms with van der Waals surface area (Å²) >= 11 is 0. The maximum atomic E-state index is 15.4. The average molecular weight is 678 g/mol. The van der Waals surface area contributed by atoms with Crippen LogP contribution in [0.3, 0.4) is 0 Å². The number of Topliss-reactive ketones (excluding diaryl/α,β-unsaturated/α-hetero) is 1. The molecule has 2 N–H and O–H groups in total. The van der Waals surface area contributed by atoms with Crippen molar-refractivity contribution in [2.45, 2.75) is 84.1 Å². The predicted octanol–water partition coefficient (Wildman–Crippen LogP) is 7.01. The number of carbonyl (C=O) groups is 4. The number of hydrogen-bond acceptors (Lipinski definition) is 8. The van der Waals surface area contributed by atoms with E-state index in [-0.39, 0.29) is 43.2 Å². The van der Waals surface area contributed by atoms with E-state index in [0.717, 1.165) is 24.1 Å². The molecule has 2 saturated heterocycles. The number of amides is 3. The van der Waals surface area contributed by atoms with Gasteiger partial charge in [-0.25, -0.2) is 23.8 Å². The number of likely N-dealkylation sites (tertiary alicyclic amines) is 1. The molecule has 2 aromatic carbocycles. The van der Waals surface area contributed by atoms with Crippen molar-refractivity contribution in [3.05, 3.63) is 60.3 Å². The number of aromatic nitrogens is 2. The molecule has 3 amide bonds. The minimum absolute atomic E-state index is 0.0902. The molecule has 12 nitrogen and oxygen atoms in total. The van der Waals surface area contributed by atoms with E-state index in [0.29, 0.717) is 29.2 Å². The number of imidazole rings is 1. The second-order valence-electron chi connectivity index (χ2n) is 13.7. The Bertz CT molecular complexity index is 1680. The Kier molecular flexibility index (Phi) is 10.6. The molecule has 262 valence electrons. The Labute approximate surface area is 285 Å². The number of aromatic amines is 1. The molecule has 2 aliphatic heterocycles. The molecule has 3 atom stereocenters. The van der Waals surface area contributed by atoms with Crippen LogP contribution >= 0.6 is 0 Å². The Morgan fingerprint density at radius 2 is 1.84 bits per heavy atom. The van der Waals surface area contributed by atoms with Gasteiger partial charge in [0.2, 0.25) is 0 Å². The number of H-pyrrole nitrogens is 1. The Morgan fingerprint density at radius 3 is 2.49 bits per heavy atom. The normalized spacial score (nSPS) is 18.4. The number of hydrogen-bond donors (Lipinski definition) is 2. The molecule has 3 heterocycles. The van der Waals surface area contributed by atoms with E-state index in [1.54, 1.807) is 23.2 Å². The lowest BCUT2D eigenvalue weighted by Gasteiger charge is -2.27. The number of rotatable bonds is 10. The van der Waals surface area contributed by atoms with E-state index < -0.39 is 35.8 Å². The number of alkyl carbamates (subject to hydrolysis) is 1. The fourth-order valence-electron chi connectivity index (χ4n) is 6.12. The lowest BCUT2D eigenvalue weighted by molar-refractivity contribution is -0.122. The van der Waals surface area contributed by atoms with Crippen molar-refractivity contribution in [2.75, 3.05) is 25.1 Å². The zero-order valence-electron chi connectivity index (χ0n) is 28.7. The van der Waals surface area contributed by atoms with Gasteiger partial charge in [0.15, 0.2) is 5.78 Å². The molecule has 49 heavy (non-hydrogen) atoms. The van der Waals surface area contributed by atoms with Gasteiger partial charge in [-0.2, -0.15) is 0 Å². The summed E-state index contributed by atoms with van der Waals surface area (Å²) in [5, 5.41) is 2.55. The molecule has 0 spiro atoms. The fourth-order valence-corrected chi connectivity index (χ4v) is 6.12. The van der Waals surface area contributed by atoms with Crippen molar-refractivity contribution in [2.24, 2.45) is 5.92 Å². The number of cyclic esters (lactones) is 1. The van der Waals surface area contributed by atoms with E-state index in [9.17, 15) is 19.2 Å². The standard InChI is InChI=1S/C36H44FN5O7/c1-21(2)31(40-33(44)47-6)30(43)16-14-25-20-42(34(45)48-25)24-13-15-26(27(37)18-24)22-9-11-23(12-10-22)28-19-38-32(39-28)29-8-7-17-41(29)35(46)49-36(3,4)5/h9-13,15,18-19,21,25,29,31H,7-8,14,16-17,20H2,1-6H3,(H,38,39)(H,40,44)/t25-,29-,31-/m0/s1. The minimum atomic E-state index is -0.720. The second-order valence-corrected chi connectivity index (χ2v) is 13.7. The Morgan fingerprint density at radius 1 is 1.12 bits per heavy atom. The first-order valence-electron chi connectivity index (χ1n) is 16.5. The van der Waals surface area contributed by atoms with Gasteiger partial charge in [0.1, 0.15) is 23.3 Å². The monoisotopic (exact) mass is 677 g/mol. The molecule has 0 aliphatic carbocycles. The topological polar surface area (TPSA) is 143 Å². The quantitative estimate of drug-likeness (QED) is 0.218. The second kappa shape index (κ2) is 14.7. The molecular weight excluding hydrogens is 633 g/mol. The van der Waals surface area contributed by atoms with Crippen molar-refractivity contribution in [3.63, 3.8) is 0 Å². The number of ketones is 1. The molecule has 13 heteroatoms. The molecule has 1 aromatic heterocycles. The number of ether oxygens (including phenoxy) is 3. The molecule has 2 fully saturated rings. The third kappa shape index (κ3) is 8.38. The van der Waals surface area contributed by atoms with Crippen LogP contribution in [0.1, 0.15) is 72.2 Å². The number of carbonyl (C=O) groups excluding carboxylic acids is 4. The lowest BCUT2D eigenvalue weighted by Crippen LogP contribution is -2.44. The van der Waals surface area contributed by atoms with Gasteiger partial charge in [-0.3, -0.25) is 14.6 Å². The number of anilines is 1. The van der Waals surface area contributed by atoms with Crippen molar-refractivity contribution >= 4 is 29.8 Å². The third-order valence-corrected chi connectivity index (χ3v) is 8.62. The Balaban J connectivity index is 1.20. The van der Waals surface area contributed by atoms with E-state index in [4.69, 9.17) is 9.47 Å². The molecule has 0 bridgehead atoms. The minimum Gasteiger partial charge on any atom is -0.453 e. The first kappa shape index (κ1) is 35.4. The first-order chi connectivity index (χ1) is 23.2. The number of nitrogens with zero attached hydrogens (tertiary/aromatic N) is 3. The Hall–Kier alpha value is -4.94. The van der Waals surface area contributed by atoms with Crippen LogP contribution in [0.15, 0.2) is 48.7 Å². The van der Waals surface area contributed by atoms with Crippen LogP contribution in [0.25, 0.3) is 22.4 Å². The summed E-state index contributed by atoms with van der Waals surface area (Å²) in [5.41, 5.74) is 2.41. The number of halogens is 1. The maximum Gasteiger partial charge on any atom is 0.414 e. The highest BCUT2D eigenvalue weighted by atomic mass is 19.1. The van der Waals surface area contributed by atoms with Gasteiger partial charge in [-0.05, 0) is 75.3 Å². The van der Waals surface area contributed by atoms with Crippen LogP contribution in [0.5, 0.6) is 0 Å². The summed E-state index contributed by atoms with van der Waals surface area (Å²) in [7, 11) is 1.23. The van der Waals surface area contributed by atoms with Gasteiger partial charge >= 0.3 is 18.3 Å². The average Bonchev–Trinajstić information content (AvgIpc) is 3.81. The van der Waals surface area contributed by atoms with Crippen LogP contribution in [0.4, 0.5) is 24.5 Å². The van der Waals surface area contributed by atoms with Crippen molar-refractivity contribution in [1.29, 1.82) is 0 Å². The summed E-state index contributed by atoms with van der Waals surface area (Å²) < 4.78 is 31.1. The van der Waals surface area contributed by atoms with Crippen molar-refractivity contribution in [1.82, 2.24) is 20.2 Å². The highest BCUT2D eigenvalue weighted by Crippen LogP contribution is 2.34. The van der Waals surface area contributed by atoms with Gasteiger partial charge in [0.25, 0.3) is 0 Å². The van der Waals surface area contributed by atoms with Gasteiger partial charge in [0.05, 0.1) is 43.3 Å². The zero-order valence-corrected chi connectivity index (χ0v) is 28.7. The van der Waals surface area contributed by atoms with E-state index in [1.807, 2.05) is 58.9 Å². The molecular formula is C36H44FN5O7. The van der Waals surface area contributed by atoms with E-state index in [2.05, 4.69) is 20.0 Å². The molecule has 0 saturated carbocycles. The molecule has 3 aromatic rings. The largest absolute Gasteiger partial charge is 0.453 e. The van der Waals surface area contributed by atoms with Crippen LogP contribution in [-0.2, 0) is 19.0 Å². The summed E-state index contributed by atoms with van der Waals surface area (Å²) in [5.74, 6) is -0.153. The van der Waals surface area contributed by atoms with Crippen LogP contribution in [-0.4, -0.2) is 76.9 Å². The lowest BCUT2D eigenvalue weighted by atomic mass is 9.96. The van der Waals surface area contributed by atoms with Crippen LogP contribution in [0, 0.1) is 11.7 Å². The third-order valence-electron chi connectivity index (χ3n) is 8.62. The first-order valence-corrected chi connectivity index (χ1v) is 16.5. The summed E-state index contributed by atoms with van der Waals surface area (Å²) in [4.78, 5) is 60.8. The molecule has 2 aliphatic rings. The zero-order chi connectivity index (χ0) is 35.5. The predicted molar refractivity (Wildman–Crippen MR) is 180 cm³/mol. The van der Waals surface area contributed by atoms with E-state index >= 15 is 4.39 Å². The van der Waals surface area contributed by atoms with Crippen LogP contribution < -0.4 is 10.2 Å². The molecule has 5 rings (SSSR count). The summed E-state index contributed by atoms with van der Waals surface area (Å²) in [6, 6.07) is 11.0. The van der Waals surface area contributed by atoms with Gasteiger partial charge in [0, 0.05) is 18.5 Å². The number of nitrogens with one attached hydrogen (secondary N) is 2. The summed E-state index contributed by atoms with van der Waals surface area (Å²) in [6.07, 6.45) is 1.50. The molecule has 0 unspecified atom stereocenters. The number of benzene rings is 2. The van der Waals surface area contributed by atoms with Crippen molar-refractivity contribution < 1.29 is 37.8 Å². The SMILES string of the molecule is COC(=O)N[C@H](C(=O)CC[C@H]1CN(c2ccc(-c3ccc(-c4cnc([C@@H]5CCCN5C(=O)OC(C)(C)C)[nH]4)cc3)c(F)c2)C(=O)O1)C(C)C. The van der Waals surface area contributed by atoms with Gasteiger partial charge in [-0.1, -0.05) is 38.1 Å². The summed E-state index contributed by atoms with van der Waals surface area (Å²) in [6.45, 7) is 9.93. The van der Waals surface area contributed by atoms with Crippen LogP contribution in [0.2, 0.25) is 0 Å². The number of methoxy groups -OCH3 is 1. The highest BCUT2D eigenvalue weighted by Gasteiger charge is 2.36. The molecule has 0 radical (unpaired) electrons. The van der Waals surface area contributed by atoms with E-state index in [1.165, 1.54) is 18.1 Å². The van der Waals surface area contributed by atoms with Gasteiger partial charge in [-0.15, -0.1) is 0 Å². The highest BCUT2D eigenvalue weighted by molar-refractivity contribution is 5.91. The smallest absolute Gasteiger partial charge is 0.414 e. The van der Waals surface area contributed by atoms with Gasteiger partial charge < -0.3 is 24.5 Å². The fraction of sp³-hybridized carbons (Fsp3) is 0.472.